The fraction of sp³-hybridized carbons (Fsp3) is 0.278. The van der Waals surface area contributed by atoms with Crippen molar-refractivity contribution >= 4 is 46.4 Å². The molecule has 3 aromatic rings. The molecular weight excluding hydrogens is 403 g/mol. The Balaban J connectivity index is 1.60. The molecule has 142 valence electrons. The van der Waals surface area contributed by atoms with Crippen LogP contribution in [0.25, 0.3) is 0 Å². The van der Waals surface area contributed by atoms with Gasteiger partial charge in [-0.25, -0.2) is 0 Å². The number of thiocarbonyl (C=S) groups is 1. The summed E-state index contributed by atoms with van der Waals surface area (Å²) in [6.45, 7) is 3.89. The summed E-state index contributed by atoms with van der Waals surface area (Å²) in [6.07, 6.45) is 3.70. The third kappa shape index (κ3) is 5.00. The van der Waals surface area contributed by atoms with Crippen molar-refractivity contribution in [2.24, 2.45) is 0 Å². The van der Waals surface area contributed by atoms with Crippen LogP contribution in [0.4, 0.5) is 5.82 Å². The molecule has 27 heavy (non-hydrogen) atoms. The summed E-state index contributed by atoms with van der Waals surface area (Å²) >= 11 is 17.9. The average Bonchev–Trinajstić information content (AvgIpc) is 3.23. The molecule has 9 heteroatoms. The van der Waals surface area contributed by atoms with Gasteiger partial charge in [0.25, 0.3) is 0 Å². The third-order valence-corrected chi connectivity index (χ3v) is 5.11. The van der Waals surface area contributed by atoms with Crippen LogP contribution in [-0.2, 0) is 19.6 Å². The summed E-state index contributed by atoms with van der Waals surface area (Å²) in [6, 6.07) is 9.59. The number of nitrogens with one attached hydrogen (secondary N) is 1. The Morgan fingerprint density at radius 2 is 1.93 bits per heavy atom. The minimum Gasteiger partial charge on any atom is -0.346 e. The molecule has 0 aliphatic rings. The second kappa shape index (κ2) is 8.73. The van der Waals surface area contributed by atoms with Gasteiger partial charge in [-0.1, -0.05) is 41.4 Å². The zero-order valence-electron chi connectivity index (χ0n) is 15.1. The Labute approximate surface area is 173 Å². The molecule has 0 spiro atoms. The lowest BCUT2D eigenvalue weighted by Crippen LogP contribution is -2.31. The van der Waals surface area contributed by atoms with E-state index in [-0.39, 0.29) is 0 Å². The summed E-state index contributed by atoms with van der Waals surface area (Å²) in [5.41, 5.74) is 1.80. The largest absolute Gasteiger partial charge is 0.346 e. The van der Waals surface area contributed by atoms with E-state index in [0.29, 0.717) is 29.0 Å². The van der Waals surface area contributed by atoms with Crippen LogP contribution in [0.5, 0.6) is 0 Å². The molecule has 2 aromatic heterocycles. The van der Waals surface area contributed by atoms with E-state index in [4.69, 9.17) is 35.4 Å². The monoisotopic (exact) mass is 422 g/mol. The first-order valence-electron chi connectivity index (χ1n) is 8.47. The van der Waals surface area contributed by atoms with Crippen molar-refractivity contribution in [3.63, 3.8) is 0 Å². The number of benzene rings is 1. The van der Waals surface area contributed by atoms with Crippen LogP contribution < -0.4 is 5.32 Å². The van der Waals surface area contributed by atoms with E-state index in [1.165, 1.54) is 0 Å². The zero-order valence-corrected chi connectivity index (χ0v) is 17.4. The molecule has 0 amide bonds. The number of hydrogen-bond acceptors (Lipinski definition) is 3. The van der Waals surface area contributed by atoms with Crippen LogP contribution in [0.1, 0.15) is 18.2 Å². The number of nitrogens with zero attached hydrogens (tertiary/aromatic N) is 5. The molecule has 0 aliphatic carbocycles. The second-order valence-corrected chi connectivity index (χ2v) is 7.26. The molecule has 0 aliphatic heterocycles. The minimum absolute atomic E-state index is 0.512. The third-order valence-electron chi connectivity index (χ3n) is 4.01. The van der Waals surface area contributed by atoms with Gasteiger partial charge in [-0.15, -0.1) is 0 Å². The number of aromatic nitrogens is 4. The number of rotatable bonds is 6. The number of halogens is 2. The van der Waals surface area contributed by atoms with Crippen LogP contribution >= 0.6 is 35.4 Å². The van der Waals surface area contributed by atoms with Crippen molar-refractivity contribution in [2.75, 3.05) is 12.4 Å². The first-order chi connectivity index (χ1) is 13.0. The lowest BCUT2D eigenvalue weighted by Gasteiger charge is -2.19. The van der Waals surface area contributed by atoms with Gasteiger partial charge in [-0.3, -0.25) is 9.36 Å². The number of hydrogen-bond donors (Lipinski definition) is 1. The second-order valence-electron chi connectivity index (χ2n) is 6.06. The molecular formula is C18H20Cl2N6S. The smallest absolute Gasteiger partial charge is 0.174 e. The van der Waals surface area contributed by atoms with Crippen LogP contribution in [0, 0.1) is 0 Å². The SMILES string of the molecule is CCn1cc(Cl)c(CN(C)C(=S)Nc2ccn(Cc3ccccc3Cl)n2)n1. The van der Waals surface area contributed by atoms with E-state index in [0.717, 1.165) is 22.8 Å². The van der Waals surface area contributed by atoms with E-state index >= 15 is 0 Å². The van der Waals surface area contributed by atoms with Gasteiger partial charge in [0.15, 0.2) is 10.9 Å². The van der Waals surface area contributed by atoms with Crippen molar-refractivity contribution < 1.29 is 0 Å². The van der Waals surface area contributed by atoms with Crippen LogP contribution in [0.2, 0.25) is 10.0 Å². The molecule has 6 nitrogen and oxygen atoms in total. The fourth-order valence-electron chi connectivity index (χ4n) is 2.53. The summed E-state index contributed by atoms with van der Waals surface area (Å²) in [4.78, 5) is 1.87. The summed E-state index contributed by atoms with van der Waals surface area (Å²) < 4.78 is 3.62. The van der Waals surface area contributed by atoms with E-state index < -0.39 is 0 Å². The predicted octanol–water partition coefficient (Wildman–Crippen LogP) is 4.28. The van der Waals surface area contributed by atoms with Crippen molar-refractivity contribution in [1.82, 2.24) is 24.5 Å². The van der Waals surface area contributed by atoms with E-state index in [1.807, 2.05) is 66.3 Å². The molecule has 0 saturated carbocycles. The van der Waals surface area contributed by atoms with Crippen LogP contribution in [-0.4, -0.2) is 36.6 Å². The van der Waals surface area contributed by atoms with Crippen molar-refractivity contribution in [1.29, 1.82) is 0 Å². The molecule has 1 aromatic carbocycles. The molecule has 1 N–H and O–H groups in total. The molecule has 0 fully saturated rings. The van der Waals surface area contributed by atoms with Gasteiger partial charge < -0.3 is 10.2 Å². The normalized spacial score (nSPS) is 10.8. The maximum Gasteiger partial charge on any atom is 0.174 e. The van der Waals surface area contributed by atoms with Gasteiger partial charge in [0.05, 0.1) is 18.1 Å². The highest BCUT2D eigenvalue weighted by Gasteiger charge is 2.13. The molecule has 0 radical (unpaired) electrons. The lowest BCUT2D eigenvalue weighted by molar-refractivity contribution is 0.492. The molecule has 2 heterocycles. The average molecular weight is 423 g/mol. The highest BCUT2D eigenvalue weighted by Crippen LogP contribution is 2.18. The van der Waals surface area contributed by atoms with E-state index in [9.17, 15) is 0 Å². The first kappa shape index (κ1) is 19.7. The van der Waals surface area contributed by atoms with Gasteiger partial charge in [0, 0.05) is 37.1 Å². The molecule has 3 rings (SSSR count). The van der Waals surface area contributed by atoms with Crippen molar-refractivity contribution in [3.05, 3.63) is 64.0 Å². The Morgan fingerprint density at radius 3 is 2.63 bits per heavy atom. The van der Waals surface area contributed by atoms with E-state index in [2.05, 4.69) is 15.5 Å². The van der Waals surface area contributed by atoms with Crippen LogP contribution in [0.15, 0.2) is 42.7 Å². The van der Waals surface area contributed by atoms with Gasteiger partial charge in [0.2, 0.25) is 0 Å². The van der Waals surface area contributed by atoms with Crippen LogP contribution in [0.3, 0.4) is 0 Å². The Morgan fingerprint density at radius 1 is 1.15 bits per heavy atom. The predicted molar refractivity (Wildman–Crippen MR) is 113 cm³/mol. The zero-order chi connectivity index (χ0) is 19.4. The lowest BCUT2D eigenvalue weighted by atomic mass is 10.2. The maximum absolute atomic E-state index is 6.23. The maximum atomic E-state index is 6.23. The highest BCUT2D eigenvalue weighted by molar-refractivity contribution is 7.80. The van der Waals surface area contributed by atoms with Gasteiger partial charge in [0.1, 0.15) is 5.69 Å². The fourth-order valence-corrected chi connectivity index (χ4v) is 3.10. The number of aryl methyl sites for hydroxylation is 1. The van der Waals surface area contributed by atoms with Crippen molar-refractivity contribution in [2.45, 2.75) is 26.6 Å². The topological polar surface area (TPSA) is 50.9 Å². The van der Waals surface area contributed by atoms with E-state index in [1.54, 1.807) is 4.68 Å². The van der Waals surface area contributed by atoms with Crippen molar-refractivity contribution in [3.8, 4) is 0 Å². The minimum atomic E-state index is 0.512. The summed E-state index contributed by atoms with van der Waals surface area (Å²) in [7, 11) is 1.89. The molecule has 0 atom stereocenters. The Hall–Kier alpha value is -2.09. The number of anilines is 1. The van der Waals surface area contributed by atoms with Gasteiger partial charge >= 0.3 is 0 Å². The highest BCUT2D eigenvalue weighted by atomic mass is 35.5. The van der Waals surface area contributed by atoms with Gasteiger partial charge in [-0.05, 0) is 30.8 Å². The first-order valence-corrected chi connectivity index (χ1v) is 9.63. The Bertz CT molecular complexity index is 936. The summed E-state index contributed by atoms with van der Waals surface area (Å²) in [5, 5.41) is 14.0. The molecule has 0 saturated heterocycles. The molecule has 0 bridgehead atoms. The quantitative estimate of drug-likeness (QED) is 0.600. The standard InChI is InChI=1S/C18H20Cl2N6S/c1-3-25-11-15(20)16(22-25)12-24(2)18(27)21-17-8-9-26(23-17)10-13-6-4-5-7-14(13)19/h4-9,11H,3,10,12H2,1-2H3,(H,21,23,27). The Kier molecular flexibility index (Phi) is 6.36. The summed E-state index contributed by atoms with van der Waals surface area (Å²) in [5.74, 6) is 0.670. The van der Waals surface area contributed by atoms with Gasteiger partial charge in [-0.2, -0.15) is 10.2 Å². The molecule has 0 unspecified atom stereocenters.